The Morgan fingerprint density at radius 3 is 2.85 bits per heavy atom. The predicted octanol–water partition coefficient (Wildman–Crippen LogP) is 2.17. The topological polar surface area (TPSA) is 85.5 Å². The molecule has 1 aromatic carbocycles. The molecule has 0 spiro atoms. The summed E-state index contributed by atoms with van der Waals surface area (Å²) in [7, 11) is 1.81. The van der Waals surface area contributed by atoms with Gasteiger partial charge in [-0.25, -0.2) is 9.67 Å². The third-order valence-corrected chi connectivity index (χ3v) is 3.46. The minimum Gasteiger partial charge on any atom is -0.369 e. The lowest BCUT2D eigenvalue weighted by atomic mass is 10.2. The number of nitrogens with zero attached hydrogens (tertiary/aromatic N) is 5. The lowest BCUT2D eigenvalue weighted by Crippen LogP contribution is -2.05. The summed E-state index contributed by atoms with van der Waals surface area (Å²) in [6.07, 6.45) is 0. The van der Waals surface area contributed by atoms with E-state index in [1.807, 2.05) is 14.0 Å². The molecular formula is C13H11ClN6. The molecule has 0 fully saturated rings. The number of halogens is 1. The van der Waals surface area contributed by atoms with Crippen LogP contribution in [0.2, 0.25) is 5.02 Å². The summed E-state index contributed by atoms with van der Waals surface area (Å²) < 4.78 is 3.40. The maximum Gasteiger partial charge on any atom is 0.207 e. The van der Waals surface area contributed by atoms with Gasteiger partial charge in [-0.1, -0.05) is 11.6 Å². The van der Waals surface area contributed by atoms with Crippen molar-refractivity contribution in [3.8, 4) is 11.8 Å². The van der Waals surface area contributed by atoms with Crippen molar-refractivity contribution in [3.63, 3.8) is 0 Å². The Hall–Kier alpha value is -2.52. The number of fused-ring (bicyclic) bond motifs is 1. The number of hydrogen-bond donors (Lipinski definition) is 1. The predicted molar refractivity (Wildman–Crippen MR) is 76.7 cm³/mol. The maximum atomic E-state index is 9.02. The van der Waals surface area contributed by atoms with E-state index in [-0.39, 0.29) is 0 Å². The molecule has 6 nitrogen and oxygen atoms in total. The summed E-state index contributed by atoms with van der Waals surface area (Å²) in [5.41, 5.74) is 9.39. The van der Waals surface area contributed by atoms with Crippen LogP contribution in [0.15, 0.2) is 18.2 Å². The second kappa shape index (κ2) is 4.25. The minimum atomic E-state index is 0.313. The summed E-state index contributed by atoms with van der Waals surface area (Å²) >= 11 is 6.23. The fraction of sp³-hybridized carbons (Fsp3) is 0.154. The molecule has 0 atom stereocenters. The van der Waals surface area contributed by atoms with Crippen LogP contribution in [0.4, 0.5) is 5.95 Å². The van der Waals surface area contributed by atoms with Gasteiger partial charge in [-0.2, -0.15) is 10.4 Å². The zero-order chi connectivity index (χ0) is 14.4. The molecule has 2 N–H and O–H groups in total. The van der Waals surface area contributed by atoms with Crippen molar-refractivity contribution >= 4 is 28.7 Å². The van der Waals surface area contributed by atoms with Gasteiger partial charge in [-0.3, -0.25) is 4.57 Å². The molecule has 0 unspecified atom stereocenters. The number of nitriles is 1. The second-order valence-electron chi connectivity index (χ2n) is 4.46. The van der Waals surface area contributed by atoms with Crippen LogP contribution >= 0.6 is 11.6 Å². The van der Waals surface area contributed by atoms with E-state index >= 15 is 0 Å². The van der Waals surface area contributed by atoms with E-state index in [1.165, 1.54) is 0 Å². The minimum absolute atomic E-state index is 0.313. The Labute approximate surface area is 120 Å². The van der Waals surface area contributed by atoms with Gasteiger partial charge >= 0.3 is 0 Å². The summed E-state index contributed by atoms with van der Waals surface area (Å²) in [6, 6.07) is 7.10. The van der Waals surface area contributed by atoms with Crippen molar-refractivity contribution in [2.75, 3.05) is 5.73 Å². The average Bonchev–Trinajstić information content (AvgIpc) is 2.89. The smallest absolute Gasteiger partial charge is 0.207 e. The number of imidazole rings is 1. The molecule has 0 aliphatic rings. The molecular weight excluding hydrogens is 276 g/mol. The normalized spacial score (nSPS) is 10.9. The highest BCUT2D eigenvalue weighted by Crippen LogP contribution is 2.29. The summed E-state index contributed by atoms with van der Waals surface area (Å²) in [4.78, 5) is 4.32. The van der Waals surface area contributed by atoms with Crippen molar-refractivity contribution < 1.29 is 0 Å². The zero-order valence-corrected chi connectivity index (χ0v) is 11.7. The van der Waals surface area contributed by atoms with Crippen LogP contribution in [0.1, 0.15) is 11.3 Å². The van der Waals surface area contributed by atoms with E-state index < -0.39 is 0 Å². The second-order valence-corrected chi connectivity index (χ2v) is 4.87. The van der Waals surface area contributed by atoms with E-state index in [0.29, 0.717) is 22.2 Å². The Balaban J connectivity index is 2.41. The molecule has 2 heterocycles. The Morgan fingerprint density at radius 2 is 2.15 bits per heavy atom. The van der Waals surface area contributed by atoms with Gasteiger partial charge < -0.3 is 5.73 Å². The van der Waals surface area contributed by atoms with Crippen LogP contribution in [0.3, 0.4) is 0 Å². The van der Waals surface area contributed by atoms with Gasteiger partial charge in [0.2, 0.25) is 5.95 Å². The van der Waals surface area contributed by atoms with Crippen LogP contribution < -0.4 is 5.73 Å². The molecule has 0 radical (unpaired) electrons. The number of nitrogens with two attached hydrogens (primary N) is 1. The molecule has 0 saturated heterocycles. The van der Waals surface area contributed by atoms with Gasteiger partial charge in [-0.05, 0) is 25.1 Å². The number of hydrogen-bond acceptors (Lipinski definition) is 4. The number of nitrogen functional groups attached to an aromatic ring is 1. The van der Waals surface area contributed by atoms with Crippen LogP contribution in [-0.4, -0.2) is 19.3 Å². The molecule has 100 valence electrons. The first-order chi connectivity index (χ1) is 9.52. The highest BCUT2D eigenvalue weighted by molar-refractivity contribution is 6.32. The number of aromatic nitrogens is 4. The van der Waals surface area contributed by atoms with Crippen molar-refractivity contribution in [1.82, 2.24) is 19.3 Å². The molecule has 20 heavy (non-hydrogen) atoms. The van der Waals surface area contributed by atoms with Gasteiger partial charge in [0.05, 0.1) is 28.0 Å². The van der Waals surface area contributed by atoms with E-state index in [0.717, 1.165) is 16.9 Å². The molecule has 0 saturated carbocycles. The quantitative estimate of drug-likeness (QED) is 0.743. The van der Waals surface area contributed by atoms with Gasteiger partial charge in [-0.15, -0.1) is 0 Å². The third-order valence-electron chi connectivity index (χ3n) is 3.14. The maximum absolute atomic E-state index is 9.02. The third kappa shape index (κ3) is 1.64. The SMILES string of the molecule is Cc1nn(C)c2c1nc(N)n2-c1cc(C#N)ccc1Cl. The number of rotatable bonds is 1. The number of anilines is 1. The summed E-state index contributed by atoms with van der Waals surface area (Å²) in [6.45, 7) is 1.87. The van der Waals surface area contributed by atoms with Crippen molar-refractivity contribution in [2.45, 2.75) is 6.92 Å². The van der Waals surface area contributed by atoms with Crippen LogP contribution in [0, 0.1) is 18.3 Å². The van der Waals surface area contributed by atoms with Gasteiger partial charge in [0.15, 0.2) is 5.65 Å². The first kappa shape index (κ1) is 12.5. The van der Waals surface area contributed by atoms with E-state index in [2.05, 4.69) is 16.2 Å². The molecule has 2 aromatic heterocycles. The number of aryl methyl sites for hydroxylation is 2. The number of benzene rings is 1. The van der Waals surface area contributed by atoms with E-state index in [4.69, 9.17) is 22.6 Å². The van der Waals surface area contributed by atoms with Crippen molar-refractivity contribution in [1.29, 1.82) is 5.26 Å². The zero-order valence-electron chi connectivity index (χ0n) is 10.9. The Morgan fingerprint density at radius 1 is 1.40 bits per heavy atom. The molecule has 3 rings (SSSR count). The standard InChI is InChI=1S/C13H11ClN6/c1-7-11-12(19(2)18-7)20(13(16)17-11)10-5-8(6-15)3-4-9(10)14/h3-5H,1-2H3,(H2,16,17). The first-order valence-electron chi connectivity index (χ1n) is 5.90. The first-order valence-corrected chi connectivity index (χ1v) is 6.28. The van der Waals surface area contributed by atoms with E-state index in [1.54, 1.807) is 27.4 Å². The monoisotopic (exact) mass is 286 g/mol. The van der Waals surface area contributed by atoms with Crippen LogP contribution in [-0.2, 0) is 7.05 Å². The molecule has 0 bridgehead atoms. The van der Waals surface area contributed by atoms with Gasteiger partial charge in [0.25, 0.3) is 0 Å². The highest BCUT2D eigenvalue weighted by Gasteiger charge is 2.18. The molecule has 0 amide bonds. The van der Waals surface area contributed by atoms with Crippen molar-refractivity contribution in [3.05, 3.63) is 34.5 Å². The van der Waals surface area contributed by atoms with Crippen LogP contribution in [0.25, 0.3) is 16.9 Å². The van der Waals surface area contributed by atoms with Gasteiger partial charge in [0, 0.05) is 7.05 Å². The molecule has 0 aliphatic heterocycles. The fourth-order valence-electron chi connectivity index (χ4n) is 2.28. The lowest BCUT2D eigenvalue weighted by Gasteiger charge is -2.09. The van der Waals surface area contributed by atoms with Crippen LogP contribution in [0.5, 0.6) is 0 Å². The van der Waals surface area contributed by atoms with E-state index in [9.17, 15) is 0 Å². The molecule has 3 aromatic rings. The summed E-state index contributed by atoms with van der Waals surface area (Å²) in [5, 5.41) is 13.8. The van der Waals surface area contributed by atoms with Gasteiger partial charge in [0.1, 0.15) is 5.52 Å². The molecule has 7 heteroatoms. The highest BCUT2D eigenvalue weighted by atomic mass is 35.5. The Kier molecular flexibility index (Phi) is 2.66. The Bertz CT molecular complexity index is 867. The molecule has 0 aliphatic carbocycles. The van der Waals surface area contributed by atoms with Crippen molar-refractivity contribution in [2.24, 2.45) is 7.05 Å². The summed E-state index contributed by atoms with van der Waals surface area (Å²) in [5.74, 6) is 0.313. The lowest BCUT2D eigenvalue weighted by molar-refractivity contribution is 0.762. The average molecular weight is 287 g/mol. The fourth-order valence-corrected chi connectivity index (χ4v) is 2.48. The largest absolute Gasteiger partial charge is 0.369 e.